The van der Waals surface area contributed by atoms with Crippen molar-refractivity contribution in [3.05, 3.63) is 29.2 Å². The lowest BCUT2D eigenvalue weighted by molar-refractivity contribution is 0.0694. The Morgan fingerprint density at radius 2 is 2.00 bits per heavy atom. The number of rotatable bonds is 2. The van der Waals surface area contributed by atoms with E-state index in [-0.39, 0.29) is 16.9 Å². The fourth-order valence-electron chi connectivity index (χ4n) is 2.04. The minimum atomic E-state index is -0.967. The normalized spacial score (nSPS) is 12.3. The van der Waals surface area contributed by atoms with Crippen LogP contribution in [0.1, 0.15) is 62.3 Å². The Labute approximate surface area is 112 Å². The summed E-state index contributed by atoms with van der Waals surface area (Å²) in [6.45, 7) is 10.1. The van der Waals surface area contributed by atoms with Crippen molar-refractivity contribution in [2.24, 2.45) is 0 Å². The molecule has 2 aromatic rings. The van der Waals surface area contributed by atoms with Gasteiger partial charge in [-0.15, -0.1) is 0 Å². The van der Waals surface area contributed by atoms with E-state index in [9.17, 15) is 9.90 Å². The van der Waals surface area contributed by atoms with Crippen LogP contribution in [0.5, 0.6) is 0 Å². The fraction of sp³-hybridized carbons (Fsp3) is 0.500. The summed E-state index contributed by atoms with van der Waals surface area (Å²) in [6.07, 6.45) is 1.42. The molecule has 0 aromatic carbocycles. The predicted octanol–water partition coefficient (Wildman–Crippen LogP) is 2.85. The van der Waals surface area contributed by atoms with Gasteiger partial charge >= 0.3 is 5.97 Å². The Bertz CT molecular complexity index is 636. The second kappa shape index (κ2) is 4.33. The van der Waals surface area contributed by atoms with Gasteiger partial charge in [0.15, 0.2) is 5.65 Å². The van der Waals surface area contributed by atoms with Gasteiger partial charge in [-0.05, 0) is 5.92 Å². The van der Waals surface area contributed by atoms with E-state index in [1.807, 2.05) is 19.9 Å². The van der Waals surface area contributed by atoms with Crippen molar-refractivity contribution < 1.29 is 9.90 Å². The van der Waals surface area contributed by atoms with E-state index in [2.05, 4.69) is 30.9 Å². The number of carboxylic acids is 1. The third-order valence-electron chi connectivity index (χ3n) is 3.07. The number of carbonyl (C=O) groups is 1. The van der Waals surface area contributed by atoms with Gasteiger partial charge in [0.05, 0.1) is 17.0 Å². The number of carboxylic acid groups (broad SMARTS) is 1. The third-order valence-corrected chi connectivity index (χ3v) is 3.07. The quantitative estimate of drug-likeness (QED) is 0.902. The number of hydrogen-bond acceptors (Lipinski definition) is 3. The van der Waals surface area contributed by atoms with Gasteiger partial charge in [0, 0.05) is 17.7 Å². The Hall–Kier alpha value is -1.91. The molecular formula is C14H19N3O2. The van der Waals surface area contributed by atoms with E-state index in [1.165, 1.54) is 6.20 Å². The average molecular weight is 261 g/mol. The zero-order valence-corrected chi connectivity index (χ0v) is 11.9. The van der Waals surface area contributed by atoms with Crippen molar-refractivity contribution >= 4 is 11.6 Å². The maximum atomic E-state index is 11.3. The van der Waals surface area contributed by atoms with Crippen LogP contribution in [0.4, 0.5) is 0 Å². The highest BCUT2D eigenvalue weighted by atomic mass is 16.4. The van der Waals surface area contributed by atoms with Crippen molar-refractivity contribution in [1.29, 1.82) is 0 Å². The molecule has 0 saturated carbocycles. The molecule has 0 spiro atoms. The first-order chi connectivity index (χ1) is 8.71. The first-order valence-corrected chi connectivity index (χ1v) is 6.34. The molecule has 5 nitrogen and oxygen atoms in total. The molecule has 0 atom stereocenters. The largest absolute Gasteiger partial charge is 0.478 e. The van der Waals surface area contributed by atoms with Gasteiger partial charge in [0.2, 0.25) is 0 Å². The molecule has 0 aliphatic carbocycles. The summed E-state index contributed by atoms with van der Waals surface area (Å²) >= 11 is 0. The average Bonchev–Trinajstić information content (AvgIpc) is 2.69. The second-order valence-electron chi connectivity index (χ2n) is 6.07. The van der Waals surface area contributed by atoms with Crippen LogP contribution < -0.4 is 0 Å². The lowest BCUT2D eigenvalue weighted by Gasteiger charge is -2.14. The molecule has 19 heavy (non-hydrogen) atoms. The maximum Gasteiger partial charge on any atom is 0.339 e. The topological polar surface area (TPSA) is 67.5 Å². The summed E-state index contributed by atoms with van der Waals surface area (Å²) in [5, 5.41) is 13.8. The molecule has 0 unspecified atom stereocenters. The van der Waals surface area contributed by atoms with Crippen LogP contribution >= 0.6 is 0 Å². The number of aromatic nitrogens is 3. The van der Waals surface area contributed by atoms with Gasteiger partial charge in [0.25, 0.3) is 0 Å². The van der Waals surface area contributed by atoms with Gasteiger partial charge < -0.3 is 5.11 Å². The molecule has 0 radical (unpaired) electrons. The van der Waals surface area contributed by atoms with Crippen LogP contribution in [-0.4, -0.2) is 25.7 Å². The minimum Gasteiger partial charge on any atom is -0.478 e. The van der Waals surface area contributed by atoms with E-state index in [1.54, 1.807) is 4.52 Å². The van der Waals surface area contributed by atoms with Crippen LogP contribution in [-0.2, 0) is 5.41 Å². The molecular weight excluding hydrogens is 242 g/mol. The Kier molecular flexibility index (Phi) is 3.08. The Balaban J connectivity index is 2.78. The van der Waals surface area contributed by atoms with E-state index in [0.717, 1.165) is 5.69 Å². The van der Waals surface area contributed by atoms with E-state index in [0.29, 0.717) is 11.3 Å². The first-order valence-electron chi connectivity index (χ1n) is 6.34. The van der Waals surface area contributed by atoms with Crippen molar-refractivity contribution in [1.82, 2.24) is 14.6 Å². The van der Waals surface area contributed by atoms with Crippen LogP contribution in [0.3, 0.4) is 0 Å². The molecule has 2 heterocycles. The van der Waals surface area contributed by atoms with Crippen LogP contribution in [0.15, 0.2) is 12.3 Å². The number of hydrogen-bond donors (Lipinski definition) is 1. The molecule has 2 rings (SSSR count). The number of nitrogens with zero attached hydrogens (tertiary/aromatic N) is 3. The molecule has 0 amide bonds. The van der Waals surface area contributed by atoms with Crippen molar-refractivity contribution in [2.45, 2.75) is 46.0 Å². The summed E-state index contributed by atoms with van der Waals surface area (Å²) in [5.41, 5.74) is 2.41. The van der Waals surface area contributed by atoms with Gasteiger partial charge in [0.1, 0.15) is 0 Å². The molecule has 102 valence electrons. The molecule has 0 aliphatic rings. The zero-order valence-electron chi connectivity index (χ0n) is 11.9. The predicted molar refractivity (Wildman–Crippen MR) is 72.7 cm³/mol. The fourth-order valence-corrected chi connectivity index (χ4v) is 2.04. The molecule has 0 fully saturated rings. The Morgan fingerprint density at radius 1 is 1.37 bits per heavy atom. The van der Waals surface area contributed by atoms with Crippen molar-refractivity contribution in [3.8, 4) is 0 Å². The maximum absolute atomic E-state index is 11.3. The molecule has 2 aromatic heterocycles. The standard InChI is InChI=1S/C14H19N3O2/c1-8(2)12-9(13(18)19)7-15-11-6-10(14(3,4)5)16-17(11)12/h6-8H,1-5H3,(H,18,19). The van der Waals surface area contributed by atoms with Crippen molar-refractivity contribution in [2.75, 3.05) is 0 Å². The highest BCUT2D eigenvalue weighted by Gasteiger charge is 2.22. The lowest BCUT2D eigenvalue weighted by atomic mass is 9.93. The lowest BCUT2D eigenvalue weighted by Crippen LogP contribution is -2.14. The number of fused-ring (bicyclic) bond motifs is 1. The summed E-state index contributed by atoms with van der Waals surface area (Å²) in [4.78, 5) is 15.5. The van der Waals surface area contributed by atoms with Crippen LogP contribution in [0.2, 0.25) is 0 Å². The molecule has 0 aliphatic heterocycles. The van der Waals surface area contributed by atoms with Gasteiger partial charge in [-0.2, -0.15) is 5.10 Å². The third kappa shape index (κ3) is 2.32. The molecule has 0 saturated heterocycles. The monoisotopic (exact) mass is 261 g/mol. The molecule has 5 heteroatoms. The van der Waals surface area contributed by atoms with Gasteiger partial charge in [-0.1, -0.05) is 34.6 Å². The zero-order chi connectivity index (χ0) is 14.4. The number of aromatic carboxylic acids is 1. The van der Waals surface area contributed by atoms with Gasteiger partial charge in [-0.3, -0.25) is 0 Å². The summed E-state index contributed by atoms with van der Waals surface area (Å²) in [7, 11) is 0. The van der Waals surface area contributed by atoms with Crippen LogP contribution in [0, 0.1) is 0 Å². The summed E-state index contributed by atoms with van der Waals surface area (Å²) in [6, 6.07) is 1.91. The molecule has 0 bridgehead atoms. The van der Waals surface area contributed by atoms with E-state index in [4.69, 9.17) is 0 Å². The first kappa shape index (κ1) is 13.5. The second-order valence-corrected chi connectivity index (χ2v) is 6.07. The smallest absolute Gasteiger partial charge is 0.339 e. The van der Waals surface area contributed by atoms with E-state index >= 15 is 0 Å². The Morgan fingerprint density at radius 3 is 2.47 bits per heavy atom. The minimum absolute atomic E-state index is 0.0596. The van der Waals surface area contributed by atoms with Crippen molar-refractivity contribution in [3.63, 3.8) is 0 Å². The summed E-state index contributed by atoms with van der Waals surface area (Å²) < 4.78 is 1.66. The molecule has 1 N–H and O–H groups in total. The van der Waals surface area contributed by atoms with E-state index < -0.39 is 5.97 Å². The highest BCUT2D eigenvalue weighted by molar-refractivity contribution is 5.89. The van der Waals surface area contributed by atoms with Gasteiger partial charge in [-0.25, -0.2) is 14.3 Å². The van der Waals surface area contributed by atoms with Crippen LogP contribution in [0.25, 0.3) is 5.65 Å². The SMILES string of the molecule is CC(C)c1c(C(=O)O)cnc2cc(C(C)(C)C)nn12. The summed E-state index contributed by atoms with van der Waals surface area (Å²) in [5.74, 6) is -0.907. The highest BCUT2D eigenvalue weighted by Crippen LogP contribution is 2.25.